The Bertz CT molecular complexity index is 791. The highest BCUT2D eigenvalue weighted by Gasteiger charge is 2.06. The topological polar surface area (TPSA) is 75.1 Å². The summed E-state index contributed by atoms with van der Waals surface area (Å²) in [5.74, 6) is 0. The lowest BCUT2D eigenvalue weighted by molar-refractivity contribution is 0.857. The third-order valence-electron chi connectivity index (χ3n) is 3.33. The maximum Gasteiger partial charge on any atom is 0.347 e. The van der Waals surface area contributed by atoms with Crippen LogP contribution in [0.25, 0.3) is 5.65 Å². The van der Waals surface area contributed by atoms with Crippen LogP contribution >= 0.6 is 0 Å². The van der Waals surface area contributed by atoms with E-state index in [1.807, 2.05) is 25.3 Å². The second-order valence-electron chi connectivity index (χ2n) is 5.05. The number of nitrogens with zero attached hydrogens (tertiary/aromatic N) is 3. The molecule has 0 amide bonds. The number of aromatic amines is 1. The Labute approximate surface area is 121 Å². The van der Waals surface area contributed by atoms with Crippen LogP contribution in [0, 0.1) is 6.92 Å². The van der Waals surface area contributed by atoms with Crippen molar-refractivity contribution in [3.05, 3.63) is 58.4 Å². The minimum atomic E-state index is -0.216. The number of rotatable bonds is 5. The summed E-state index contributed by atoms with van der Waals surface area (Å²) in [5.41, 5.74) is 3.53. The molecule has 0 aliphatic rings. The summed E-state index contributed by atoms with van der Waals surface area (Å²) in [6.45, 7) is 2.77. The van der Waals surface area contributed by atoms with Crippen molar-refractivity contribution in [3.63, 3.8) is 0 Å². The fourth-order valence-corrected chi connectivity index (χ4v) is 2.34. The van der Waals surface area contributed by atoms with E-state index in [0.717, 1.165) is 30.6 Å². The molecule has 3 rings (SSSR count). The number of aryl methyl sites for hydroxylation is 2. The molecule has 0 fully saturated rings. The highest BCUT2D eigenvalue weighted by atomic mass is 16.1. The summed E-state index contributed by atoms with van der Waals surface area (Å²) in [6.07, 6.45) is 7.40. The molecule has 3 aromatic heterocycles. The third kappa shape index (κ3) is 2.94. The Morgan fingerprint density at radius 2 is 2.33 bits per heavy atom. The highest BCUT2D eigenvalue weighted by molar-refractivity contribution is 5.67. The summed E-state index contributed by atoms with van der Waals surface area (Å²) >= 11 is 0. The van der Waals surface area contributed by atoms with Gasteiger partial charge in [0.1, 0.15) is 0 Å². The average molecular weight is 283 g/mol. The summed E-state index contributed by atoms with van der Waals surface area (Å²) in [4.78, 5) is 15.7. The summed E-state index contributed by atoms with van der Waals surface area (Å²) in [6, 6.07) is 6.02. The second kappa shape index (κ2) is 5.78. The molecule has 0 aliphatic heterocycles. The van der Waals surface area contributed by atoms with Gasteiger partial charge in [0.15, 0.2) is 5.65 Å². The smallest absolute Gasteiger partial charge is 0.347 e. The van der Waals surface area contributed by atoms with Crippen molar-refractivity contribution in [2.24, 2.45) is 0 Å². The molecule has 0 aliphatic carbocycles. The molecule has 0 unspecified atom stereocenters. The number of nitrogens with one attached hydrogen (secondary N) is 2. The first-order valence-corrected chi connectivity index (χ1v) is 6.94. The Morgan fingerprint density at radius 3 is 3.14 bits per heavy atom. The summed E-state index contributed by atoms with van der Waals surface area (Å²) in [7, 11) is 0. The number of hydrogen-bond acceptors (Lipinski definition) is 4. The molecule has 0 radical (unpaired) electrons. The molecule has 0 atom stereocenters. The fraction of sp³-hybridized carbons (Fsp3) is 0.267. The van der Waals surface area contributed by atoms with E-state index in [0.29, 0.717) is 5.65 Å². The first-order chi connectivity index (χ1) is 10.2. The van der Waals surface area contributed by atoms with Gasteiger partial charge < -0.3 is 5.32 Å². The van der Waals surface area contributed by atoms with E-state index in [1.54, 1.807) is 12.4 Å². The van der Waals surface area contributed by atoms with Crippen LogP contribution in [0.4, 0.5) is 5.69 Å². The van der Waals surface area contributed by atoms with E-state index in [2.05, 4.69) is 26.6 Å². The summed E-state index contributed by atoms with van der Waals surface area (Å²) < 4.78 is 1.53. The van der Waals surface area contributed by atoms with Crippen molar-refractivity contribution in [3.8, 4) is 0 Å². The molecule has 21 heavy (non-hydrogen) atoms. The van der Waals surface area contributed by atoms with Crippen molar-refractivity contribution < 1.29 is 0 Å². The molecule has 6 nitrogen and oxygen atoms in total. The predicted octanol–water partition coefficient (Wildman–Crippen LogP) is 1.77. The van der Waals surface area contributed by atoms with Crippen LogP contribution in [-0.2, 0) is 6.42 Å². The number of anilines is 1. The van der Waals surface area contributed by atoms with Gasteiger partial charge >= 0.3 is 5.69 Å². The molecule has 6 heteroatoms. The maximum atomic E-state index is 11.6. The van der Waals surface area contributed by atoms with Crippen molar-refractivity contribution in [1.29, 1.82) is 0 Å². The van der Waals surface area contributed by atoms with E-state index in [1.165, 1.54) is 9.96 Å². The molecule has 0 bridgehead atoms. The molecule has 0 spiro atoms. The number of pyridine rings is 2. The van der Waals surface area contributed by atoms with Gasteiger partial charge in [-0.05, 0) is 43.0 Å². The van der Waals surface area contributed by atoms with E-state index < -0.39 is 0 Å². The van der Waals surface area contributed by atoms with Gasteiger partial charge in [0, 0.05) is 25.1 Å². The van der Waals surface area contributed by atoms with Crippen LogP contribution in [0.15, 0.2) is 41.6 Å². The quantitative estimate of drug-likeness (QED) is 0.700. The first-order valence-electron chi connectivity index (χ1n) is 6.94. The molecule has 108 valence electrons. The van der Waals surface area contributed by atoms with Crippen LogP contribution in [0.1, 0.15) is 17.5 Å². The van der Waals surface area contributed by atoms with Gasteiger partial charge in [-0.25, -0.2) is 14.3 Å². The van der Waals surface area contributed by atoms with Gasteiger partial charge in [0.2, 0.25) is 0 Å². The first kappa shape index (κ1) is 13.4. The van der Waals surface area contributed by atoms with Gasteiger partial charge in [-0.2, -0.15) is 5.10 Å². The van der Waals surface area contributed by atoms with E-state index in [4.69, 9.17) is 0 Å². The monoisotopic (exact) mass is 283 g/mol. The minimum absolute atomic E-state index is 0.216. The summed E-state index contributed by atoms with van der Waals surface area (Å²) in [5, 5.41) is 9.87. The van der Waals surface area contributed by atoms with Crippen LogP contribution in [0.2, 0.25) is 0 Å². The third-order valence-corrected chi connectivity index (χ3v) is 3.33. The van der Waals surface area contributed by atoms with Gasteiger partial charge in [-0.3, -0.25) is 4.98 Å². The lowest BCUT2D eigenvalue weighted by Gasteiger charge is -2.08. The number of aromatic nitrogens is 4. The Hall–Kier alpha value is -2.63. The molecule has 0 saturated carbocycles. The van der Waals surface area contributed by atoms with Crippen molar-refractivity contribution >= 4 is 11.3 Å². The van der Waals surface area contributed by atoms with Gasteiger partial charge in [0.05, 0.1) is 5.69 Å². The largest absolute Gasteiger partial charge is 0.382 e. The highest BCUT2D eigenvalue weighted by Crippen LogP contribution is 2.15. The predicted molar refractivity (Wildman–Crippen MR) is 81.6 cm³/mol. The second-order valence-corrected chi connectivity index (χ2v) is 5.05. The molecule has 0 aromatic carbocycles. The van der Waals surface area contributed by atoms with Crippen molar-refractivity contribution in [1.82, 2.24) is 19.6 Å². The molecular weight excluding hydrogens is 266 g/mol. The van der Waals surface area contributed by atoms with Crippen molar-refractivity contribution in [2.45, 2.75) is 19.8 Å². The lowest BCUT2D eigenvalue weighted by atomic mass is 10.1. The van der Waals surface area contributed by atoms with Gasteiger partial charge in [0.25, 0.3) is 0 Å². The van der Waals surface area contributed by atoms with E-state index in [-0.39, 0.29) is 5.69 Å². The normalized spacial score (nSPS) is 10.9. The van der Waals surface area contributed by atoms with Crippen LogP contribution in [0.3, 0.4) is 0 Å². The van der Waals surface area contributed by atoms with Crippen LogP contribution in [0.5, 0.6) is 0 Å². The van der Waals surface area contributed by atoms with Gasteiger partial charge in [-0.15, -0.1) is 0 Å². The average Bonchev–Trinajstić information content (AvgIpc) is 2.86. The minimum Gasteiger partial charge on any atom is -0.382 e. The maximum absolute atomic E-state index is 11.6. The Balaban J connectivity index is 1.67. The zero-order valence-electron chi connectivity index (χ0n) is 11.8. The number of fused-ring (bicyclic) bond motifs is 1. The fourth-order valence-electron chi connectivity index (χ4n) is 2.34. The molecule has 0 saturated heterocycles. The molecule has 3 aromatic rings. The zero-order valence-corrected chi connectivity index (χ0v) is 11.8. The standard InChI is InChI=1S/C15H17N5O/c1-11-8-13(14-18-19-15(21)20(14)10-11)17-7-3-5-12-4-2-6-16-9-12/h2,4,6,8-10,17H,3,5,7H2,1H3,(H,19,21). The molecule has 2 N–H and O–H groups in total. The van der Waals surface area contributed by atoms with Crippen LogP contribution in [-0.4, -0.2) is 26.1 Å². The Kier molecular flexibility index (Phi) is 3.68. The van der Waals surface area contributed by atoms with Gasteiger partial charge in [-0.1, -0.05) is 6.07 Å². The van der Waals surface area contributed by atoms with Crippen molar-refractivity contribution in [2.75, 3.05) is 11.9 Å². The number of hydrogen-bond donors (Lipinski definition) is 2. The van der Waals surface area contributed by atoms with E-state index in [9.17, 15) is 4.79 Å². The molecular formula is C15H17N5O. The number of H-pyrrole nitrogens is 1. The molecule has 3 heterocycles. The Morgan fingerprint density at radius 1 is 1.43 bits per heavy atom. The van der Waals surface area contributed by atoms with Crippen LogP contribution < -0.4 is 11.0 Å². The lowest BCUT2D eigenvalue weighted by Crippen LogP contribution is -2.11. The van der Waals surface area contributed by atoms with E-state index >= 15 is 0 Å². The SMILES string of the molecule is Cc1cc(NCCCc2cccnc2)c2n[nH]c(=O)n2c1. The zero-order chi connectivity index (χ0) is 14.7.